The minimum absolute atomic E-state index is 0.0331. The summed E-state index contributed by atoms with van der Waals surface area (Å²) >= 11 is 0. The molecule has 0 bridgehead atoms. The van der Waals surface area contributed by atoms with Gasteiger partial charge in [-0.15, -0.1) is 0 Å². The van der Waals surface area contributed by atoms with Crippen LogP contribution in [0.25, 0.3) is 0 Å². The van der Waals surface area contributed by atoms with E-state index in [9.17, 15) is 14.7 Å². The van der Waals surface area contributed by atoms with Crippen LogP contribution in [0.1, 0.15) is 42.6 Å². The summed E-state index contributed by atoms with van der Waals surface area (Å²) in [4.78, 5) is 34.8. The molecule has 40 heavy (non-hydrogen) atoms. The number of aliphatic hydroxyl groups is 1. The van der Waals surface area contributed by atoms with E-state index >= 15 is 0 Å². The van der Waals surface area contributed by atoms with Gasteiger partial charge in [-0.1, -0.05) is 31.7 Å². The third-order valence-corrected chi connectivity index (χ3v) is 7.75. The van der Waals surface area contributed by atoms with Crippen LogP contribution in [0.4, 0.5) is 11.5 Å². The minimum Gasteiger partial charge on any atom is -0.395 e. The maximum atomic E-state index is 13.0. The molecule has 212 valence electrons. The van der Waals surface area contributed by atoms with Crippen LogP contribution in [0.15, 0.2) is 57.6 Å². The van der Waals surface area contributed by atoms with E-state index in [0.29, 0.717) is 29.4 Å². The number of nitrogens with one attached hydrogen (secondary N) is 2. The Morgan fingerprint density at radius 2 is 2.00 bits per heavy atom. The Morgan fingerprint density at radius 1 is 1.23 bits per heavy atom. The van der Waals surface area contributed by atoms with E-state index in [1.807, 2.05) is 31.0 Å². The fourth-order valence-electron chi connectivity index (χ4n) is 5.13. The first-order valence-electron chi connectivity index (χ1n) is 13.8. The molecule has 0 spiro atoms. The van der Waals surface area contributed by atoms with Crippen LogP contribution in [-0.4, -0.2) is 89.0 Å². The van der Waals surface area contributed by atoms with Crippen LogP contribution >= 0.6 is 0 Å². The van der Waals surface area contributed by atoms with Gasteiger partial charge in [0.05, 0.1) is 18.8 Å². The molecule has 2 fully saturated rings. The van der Waals surface area contributed by atoms with Crippen molar-refractivity contribution in [1.29, 1.82) is 0 Å². The van der Waals surface area contributed by atoms with Gasteiger partial charge in [-0.25, -0.2) is 9.67 Å². The number of rotatable bonds is 6. The summed E-state index contributed by atoms with van der Waals surface area (Å²) in [5, 5.41) is 19.3. The van der Waals surface area contributed by atoms with Gasteiger partial charge in [-0.05, 0) is 37.6 Å². The molecule has 2 saturated heterocycles. The van der Waals surface area contributed by atoms with Crippen molar-refractivity contribution < 1.29 is 9.90 Å². The standard InChI is InChI=1S/C29H38N8O3/c1-29(2,19-38)21-9-7-20(8-10-21)27(39)30-22-6-5-13-36(17-22)26-16-24(28(40)35(4)33-26)31-25-12-11-23-18-34(3)14-15-37(23)32-25/h7-10,12,16,22,38H,5-6,13-15,17-19H2,1-4H3,(H,30,39)(H,31,32)/t22-/m1/s1. The highest BCUT2D eigenvalue weighted by Gasteiger charge is 2.26. The summed E-state index contributed by atoms with van der Waals surface area (Å²) in [5.41, 5.74) is 8.83. The first-order valence-corrected chi connectivity index (χ1v) is 13.8. The van der Waals surface area contributed by atoms with Gasteiger partial charge in [0.25, 0.3) is 11.5 Å². The molecular formula is C29H38N8O3. The number of piperidine rings is 1. The lowest BCUT2D eigenvalue weighted by atomic mass is 9.85. The van der Waals surface area contributed by atoms with E-state index in [0.717, 1.165) is 50.3 Å². The molecule has 2 aromatic rings. The number of aliphatic imine (C=N–C) groups is 1. The van der Waals surface area contributed by atoms with Gasteiger partial charge in [0.2, 0.25) is 0 Å². The zero-order valence-electron chi connectivity index (χ0n) is 23.6. The second-order valence-corrected chi connectivity index (χ2v) is 11.4. The number of fused-ring (bicyclic) bond motifs is 1. The van der Waals surface area contributed by atoms with Crippen molar-refractivity contribution in [3.63, 3.8) is 0 Å². The fourth-order valence-corrected chi connectivity index (χ4v) is 5.13. The molecule has 3 N–H and O–H groups in total. The Kier molecular flexibility index (Phi) is 7.80. The Morgan fingerprint density at radius 3 is 2.75 bits per heavy atom. The number of carbonyl (C=O) groups is 1. The highest BCUT2D eigenvalue weighted by atomic mass is 16.3. The summed E-state index contributed by atoms with van der Waals surface area (Å²) in [6.07, 6.45) is 3.51. The van der Waals surface area contributed by atoms with E-state index < -0.39 is 0 Å². The molecule has 3 aliphatic rings. The quantitative estimate of drug-likeness (QED) is 0.464. The zero-order chi connectivity index (χ0) is 28.4. The third-order valence-electron chi connectivity index (χ3n) is 7.75. The van der Waals surface area contributed by atoms with Gasteiger partial charge in [-0.3, -0.25) is 24.9 Å². The lowest BCUT2D eigenvalue weighted by Crippen LogP contribution is -2.51. The van der Waals surface area contributed by atoms with Crippen molar-refractivity contribution in [3.05, 3.63) is 69.3 Å². The molecule has 1 aromatic heterocycles. The number of aromatic nitrogens is 2. The average Bonchev–Trinajstić information content (AvgIpc) is 2.95. The van der Waals surface area contributed by atoms with E-state index in [1.165, 1.54) is 4.68 Å². The van der Waals surface area contributed by atoms with E-state index in [4.69, 9.17) is 0 Å². The number of hydrogen-bond donors (Lipinski definition) is 3. The number of aryl methyl sites for hydroxylation is 1. The number of benzene rings is 1. The normalized spacial score (nSPS) is 20.7. The van der Waals surface area contributed by atoms with Gasteiger partial charge in [0, 0.05) is 62.4 Å². The number of amidine groups is 1. The van der Waals surface area contributed by atoms with Gasteiger partial charge in [0.15, 0.2) is 11.7 Å². The summed E-state index contributed by atoms with van der Waals surface area (Å²) in [7, 11) is 3.70. The third kappa shape index (κ3) is 5.96. The molecule has 0 saturated carbocycles. The topological polar surface area (TPSA) is 118 Å². The van der Waals surface area contributed by atoms with E-state index in [2.05, 4.69) is 43.4 Å². The monoisotopic (exact) mass is 546 g/mol. The summed E-state index contributed by atoms with van der Waals surface area (Å²) in [5.74, 6) is 1.07. The number of anilines is 1. The summed E-state index contributed by atoms with van der Waals surface area (Å²) < 4.78 is 1.32. The Balaban J connectivity index is 1.29. The Hall–Kier alpha value is -3.92. The predicted molar refractivity (Wildman–Crippen MR) is 155 cm³/mol. The first kappa shape index (κ1) is 27.6. The second-order valence-electron chi connectivity index (χ2n) is 11.4. The molecule has 0 aliphatic carbocycles. The van der Waals surface area contributed by atoms with Crippen LogP contribution < -0.4 is 21.2 Å². The fraction of sp³-hybridized carbons (Fsp3) is 0.483. The zero-order valence-corrected chi connectivity index (χ0v) is 23.6. The largest absolute Gasteiger partial charge is 0.395 e. The van der Waals surface area contributed by atoms with Crippen LogP contribution in [0.5, 0.6) is 0 Å². The highest BCUT2D eigenvalue weighted by Crippen LogP contribution is 2.24. The Bertz CT molecular complexity index is 1420. The highest BCUT2D eigenvalue weighted by molar-refractivity contribution is 5.95. The van der Waals surface area contributed by atoms with Crippen LogP contribution in [0.2, 0.25) is 0 Å². The van der Waals surface area contributed by atoms with Gasteiger partial charge < -0.3 is 15.3 Å². The summed E-state index contributed by atoms with van der Waals surface area (Å²) in [6.45, 7) is 7.84. The minimum atomic E-state index is -0.362. The average molecular weight is 547 g/mol. The number of likely N-dealkylation sites (N-methyl/N-ethyl adjacent to an activating group) is 1. The van der Waals surface area contributed by atoms with Gasteiger partial charge in [-0.2, -0.15) is 5.10 Å². The molecular weight excluding hydrogens is 508 g/mol. The maximum absolute atomic E-state index is 13.0. The van der Waals surface area contributed by atoms with Crippen molar-refractivity contribution in [3.8, 4) is 0 Å². The molecule has 5 rings (SSSR count). The Labute approximate surface area is 234 Å². The van der Waals surface area contributed by atoms with Crippen molar-refractivity contribution in [1.82, 2.24) is 30.4 Å². The molecule has 11 nitrogen and oxygen atoms in total. The molecule has 1 aromatic carbocycles. The predicted octanol–water partition coefficient (Wildman–Crippen LogP) is 1.28. The molecule has 11 heteroatoms. The van der Waals surface area contributed by atoms with E-state index in [-0.39, 0.29) is 29.5 Å². The molecule has 0 unspecified atom stereocenters. The maximum Gasteiger partial charge on any atom is 0.292 e. The lowest BCUT2D eigenvalue weighted by molar-refractivity contribution is 0.0933. The molecule has 1 amide bonds. The molecule has 1 atom stereocenters. The van der Waals surface area contributed by atoms with Crippen LogP contribution in [0, 0.1) is 0 Å². The second kappa shape index (κ2) is 11.3. The number of piperazine rings is 1. The van der Waals surface area contributed by atoms with Crippen molar-refractivity contribution >= 4 is 23.2 Å². The first-order chi connectivity index (χ1) is 19.1. The number of aliphatic hydroxyl groups excluding tert-OH is 1. The lowest BCUT2D eigenvalue weighted by Gasteiger charge is -2.37. The smallest absolute Gasteiger partial charge is 0.292 e. The van der Waals surface area contributed by atoms with Crippen molar-refractivity contribution in [2.24, 2.45) is 12.0 Å². The molecule has 3 aliphatic heterocycles. The number of carbonyl (C=O) groups excluding carboxylic acids is 1. The SMILES string of the molecule is CN1CCN2NC(=Nc3cc(N4CCC[C@@H](NC(=O)c5ccc(C(C)(C)CO)cc5)C4)nn(C)c3=O)C=C=C2C1. The molecule has 4 heterocycles. The number of amides is 1. The number of hydrazine groups is 1. The van der Waals surface area contributed by atoms with Crippen molar-refractivity contribution in [2.45, 2.75) is 38.1 Å². The van der Waals surface area contributed by atoms with Crippen molar-refractivity contribution in [2.75, 3.05) is 51.3 Å². The number of hydrogen-bond acceptors (Lipinski definition) is 8. The van der Waals surface area contributed by atoms with Crippen LogP contribution in [0.3, 0.4) is 0 Å². The van der Waals surface area contributed by atoms with Gasteiger partial charge in [0.1, 0.15) is 5.69 Å². The summed E-state index contributed by atoms with van der Waals surface area (Å²) in [6, 6.07) is 9.05. The molecule has 0 radical (unpaired) electrons. The van der Waals surface area contributed by atoms with Gasteiger partial charge >= 0.3 is 0 Å². The van der Waals surface area contributed by atoms with E-state index in [1.54, 1.807) is 31.3 Å². The number of nitrogens with zero attached hydrogens (tertiary/aromatic N) is 6. The van der Waals surface area contributed by atoms with Crippen LogP contribution in [-0.2, 0) is 12.5 Å².